The van der Waals surface area contributed by atoms with Crippen LogP contribution >= 0.6 is 0 Å². The van der Waals surface area contributed by atoms with Crippen LogP contribution in [-0.4, -0.2) is 23.3 Å². The summed E-state index contributed by atoms with van der Waals surface area (Å²) in [4.78, 5) is 29.8. The number of hydrogen-bond donors (Lipinski definition) is 1. The van der Waals surface area contributed by atoms with Crippen molar-refractivity contribution in [2.75, 3.05) is 11.4 Å². The molecule has 1 fully saturated rings. The van der Waals surface area contributed by atoms with Crippen molar-refractivity contribution in [2.45, 2.75) is 32.7 Å². The molecular formula is C17H19N3O3. The Morgan fingerprint density at radius 2 is 2.26 bits per heavy atom. The van der Waals surface area contributed by atoms with Crippen molar-refractivity contribution in [1.29, 1.82) is 0 Å². The molecule has 0 bridgehead atoms. The van der Waals surface area contributed by atoms with E-state index in [1.807, 2.05) is 31.2 Å². The van der Waals surface area contributed by atoms with Gasteiger partial charge in [0.05, 0.1) is 6.04 Å². The Bertz CT molecular complexity index is 738. The summed E-state index contributed by atoms with van der Waals surface area (Å²) in [7, 11) is 0. The van der Waals surface area contributed by atoms with Gasteiger partial charge in [0, 0.05) is 18.7 Å². The van der Waals surface area contributed by atoms with Gasteiger partial charge < -0.3 is 14.6 Å². The molecule has 2 heterocycles. The third-order valence-electron chi connectivity index (χ3n) is 4.06. The highest BCUT2D eigenvalue weighted by Crippen LogP contribution is 2.25. The van der Waals surface area contributed by atoms with Gasteiger partial charge in [-0.3, -0.25) is 9.59 Å². The first-order valence-corrected chi connectivity index (χ1v) is 7.67. The number of nitrogens with zero attached hydrogens (tertiary/aromatic N) is 2. The molecule has 1 aliphatic rings. The average molecular weight is 313 g/mol. The number of carbonyl (C=O) groups excluding carboxylic acids is 2. The lowest BCUT2D eigenvalue weighted by molar-refractivity contribution is -0.117. The predicted octanol–water partition coefficient (Wildman–Crippen LogP) is 2.60. The van der Waals surface area contributed by atoms with Crippen molar-refractivity contribution in [2.24, 2.45) is 0 Å². The average Bonchev–Trinajstić information content (AvgIpc) is 3.15. The molecule has 1 aromatic carbocycles. The minimum absolute atomic E-state index is 0.150. The summed E-state index contributed by atoms with van der Waals surface area (Å²) in [5.41, 5.74) is 2.11. The minimum atomic E-state index is -0.272. The fraction of sp³-hybridized carbons (Fsp3) is 0.353. The van der Waals surface area contributed by atoms with Gasteiger partial charge in [-0.25, -0.2) is 4.98 Å². The maximum atomic E-state index is 12.2. The quantitative estimate of drug-likeness (QED) is 0.941. The highest BCUT2D eigenvalue weighted by atomic mass is 16.3. The highest BCUT2D eigenvalue weighted by Gasteiger charge is 2.22. The van der Waals surface area contributed by atoms with Gasteiger partial charge >= 0.3 is 0 Å². The second-order valence-corrected chi connectivity index (χ2v) is 5.70. The molecular weight excluding hydrogens is 294 g/mol. The molecule has 1 unspecified atom stereocenters. The number of aromatic nitrogens is 1. The lowest BCUT2D eigenvalue weighted by Crippen LogP contribution is -2.28. The minimum Gasteiger partial charge on any atom is -0.448 e. The monoisotopic (exact) mass is 313 g/mol. The van der Waals surface area contributed by atoms with Gasteiger partial charge in [-0.05, 0) is 38.0 Å². The van der Waals surface area contributed by atoms with E-state index in [0.717, 1.165) is 24.2 Å². The highest BCUT2D eigenvalue weighted by molar-refractivity contribution is 5.95. The largest absolute Gasteiger partial charge is 0.448 e. The molecule has 1 aromatic heterocycles. The van der Waals surface area contributed by atoms with Gasteiger partial charge in [-0.1, -0.05) is 12.1 Å². The van der Waals surface area contributed by atoms with Crippen LogP contribution in [-0.2, 0) is 4.79 Å². The molecule has 0 saturated carbocycles. The lowest BCUT2D eigenvalue weighted by Gasteiger charge is -2.19. The van der Waals surface area contributed by atoms with Crippen molar-refractivity contribution >= 4 is 17.5 Å². The van der Waals surface area contributed by atoms with Crippen LogP contribution in [0.3, 0.4) is 0 Å². The molecule has 1 aliphatic heterocycles. The van der Waals surface area contributed by atoms with Gasteiger partial charge in [-0.2, -0.15) is 0 Å². The zero-order valence-electron chi connectivity index (χ0n) is 13.2. The van der Waals surface area contributed by atoms with Crippen LogP contribution in [0.5, 0.6) is 0 Å². The van der Waals surface area contributed by atoms with E-state index in [4.69, 9.17) is 4.42 Å². The molecule has 120 valence electrons. The summed E-state index contributed by atoms with van der Waals surface area (Å²) in [5, 5.41) is 2.90. The summed E-state index contributed by atoms with van der Waals surface area (Å²) in [6.45, 7) is 4.35. The summed E-state index contributed by atoms with van der Waals surface area (Å²) in [6.07, 6.45) is 2.75. The maximum absolute atomic E-state index is 12.2. The van der Waals surface area contributed by atoms with Crippen LogP contribution in [0.4, 0.5) is 5.69 Å². The first kappa shape index (κ1) is 15.3. The van der Waals surface area contributed by atoms with Crippen molar-refractivity contribution in [3.63, 3.8) is 0 Å². The van der Waals surface area contributed by atoms with Crippen LogP contribution < -0.4 is 10.2 Å². The topological polar surface area (TPSA) is 75.4 Å². The molecule has 3 rings (SSSR count). The zero-order chi connectivity index (χ0) is 16.4. The fourth-order valence-electron chi connectivity index (χ4n) is 2.75. The van der Waals surface area contributed by atoms with E-state index in [0.29, 0.717) is 17.9 Å². The Morgan fingerprint density at radius 3 is 2.91 bits per heavy atom. The van der Waals surface area contributed by atoms with Gasteiger partial charge in [0.1, 0.15) is 5.76 Å². The molecule has 6 nitrogen and oxygen atoms in total. The Kier molecular flexibility index (Phi) is 4.14. The second kappa shape index (κ2) is 6.24. The molecule has 2 aromatic rings. The number of oxazole rings is 1. The summed E-state index contributed by atoms with van der Waals surface area (Å²) < 4.78 is 5.06. The van der Waals surface area contributed by atoms with Crippen LogP contribution in [0, 0.1) is 6.92 Å². The third kappa shape index (κ3) is 3.11. The fourth-order valence-corrected chi connectivity index (χ4v) is 2.75. The Labute approximate surface area is 134 Å². The van der Waals surface area contributed by atoms with E-state index in [1.165, 1.54) is 6.39 Å². The molecule has 1 saturated heterocycles. The van der Waals surface area contributed by atoms with Gasteiger partial charge in [0.15, 0.2) is 12.1 Å². The van der Waals surface area contributed by atoms with Crippen molar-refractivity contribution in [3.8, 4) is 0 Å². The number of carbonyl (C=O) groups is 2. The zero-order valence-corrected chi connectivity index (χ0v) is 13.2. The predicted molar refractivity (Wildman–Crippen MR) is 85.2 cm³/mol. The van der Waals surface area contributed by atoms with Crippen LogP contribution in [0.15, 0.2) is 35.1 Å². The van der Waals surface area contributed by atoms with E-state index in [-0.39, 0.29) is 17.9 Å². The number of benzene rings is 1. The Morgan fingerprint density at radius 1 is 1.43 bits per heavy atom. The van der Waals surface area contributed by atoms with E-state index >= 15 is 0 Å². The Hall–Kier alpha value is -2.63. The molecule has 1 N–H and O–H groups in total. The lowest BCUT2D eigenvalue weighted by atomic mass is 10.1. The molecule has 0 radical (unpaired) electrons. The maximum Gasteiger partial charge on any atom is 0.273 e. The van der Waals surface area contributed by atoms with Crippen LogP contribution in [0.25, 0.3) is 0 Å². The third-order valence-corrected chi connectivity index (χ3v) is 4.06. The first-order valence-electron chi connectivity index (χ1n) is 7.67. The second-order valence-electron chi connectivity index (χ2n) is 5.70. The number of aryl methyl sites for hydroxylation is 1. The summed E-state index contributed by atoms with van der Waals surface area (Å²) in [5.74, 6) is 0.370. The number of amides is 2. The molecule has 2 amide bonds. The van der Waals surface area contributed by atoms with Gasteiger partial charge in [0.2, 0.25) is 5.91 Å². The van der Waals surface area contributed by atoms with Gasteiger partial charge in [0.25, 0.3) is 5.91 Å². The number of anilines is 1. The Balaban J connectivity index is 1.75. The van der Waals surface area contributed by atoms with Crippen molar-refractivity contribution < 1.29 is 14.0 Å². The van der Waals surface area contributed by atoms with Gasteiger partial charge in [-0.15, -0.1) is 0 Å². The summed E-state index contributed by atoms with van der Waals surface area (Å²) >= 11 is 0. The number of nitrogens with one attached hydrogen (secondary N) is 1. The SMILES string of the molecule is Cc1ocnc1C(=O)NC(C)c1cccc(N2CCCC2=O)c1. The van der Waals surface area contributed by atoms with E-state index in [1.54, 1.807) is 11.8 Å². The molecule has 1 atom stereocenters. The normalized spacial score (nSPS) is 15.7. The van der Waals surface area contributed by atoms with E-state index in [2.05, 4.69) is 10.3 Å². The molecule has 23 heavy (non-hydrogen) atoms. The first-order chi connectivity index (χ1) is 11.1. The molecule has 6 heteroatoms. The van der Waals surface area contributed by atoms with Crippen molar-refractivity contribution in [3.05, 3.63) is 47.7 Å². The van der Waals surface area contributed by atoms with E-state index in [9.17, 15) is 9.59 Å². The number of rotatable bonds is 4. The van der Waals surface area contributed by atoms with Crippen LogP contribution in [0.1, 0.15) is 47.6 Å². The standard InChI is InChI=1S/C17H19N3O3/c1-11(19-17(22)16-12(2)23-10-18-16)13-5-3-6-14(9-13)20-8-4-7-15(20)21/h3,5-6,9-11H,4,7-8H2,1-2H3,(H,19,22). The molecule has 0 spiro atoms. The molecule has 0 aliphatic carbocycles. The van der Waals surface area contributed by atoms with E-state index < -0.39 is 0 Å². The van der Waals surface area contributed by atoms with Crippen LogP contribution in [0.2, 0.25) is 0 Å². The number of hydrogen-bond acceptors (Lipinski definition) is 4. The smallest absolute Gasteiger partial charge is 0.273 e. The summed E-state index contributed by atoms with van der Waals surface area (Å²) in [6, 6.07) is 7.51. The van der Waals surface area contributed by atoms with Crippen molar-refractivity contribution in [1.82, 2.24) is 10.3 Å².